The number of anilines is 1. The molecular weight excluding hydrogens is 450 g/mol. The van der Waals surface area contributed by atoms with Gasteiger partial charge in [0.1, 0.15) is 12.7 Å². The first-order valence-electron chi connectivity index (χ1n) is 9.59. The van der Waals surface area contributed by atoms with Gasteiger partial charge >= 0.3 is 11.7 Å². The summed E-state index contributed by atoms with van der Waals surface area (Å²) in [7, 11) is 0. The van der Waals surface area contributed by atoms with E-state index in [0.29, 0.717) is 5.56 Å². The van der Waals surface area contributed by atoms with Gasteiger partial charge in [-0.05, 0) is 18.6 Å². The molecule has 6 nitrogen and oxygen atoms in total. The number of amides is 1. The average molecular weight is 471 g/mol. The maximum Gasteiger partial charge on any atom is 0.365 e. The van der Waals surface area contributed by atoms with Crippen molar-refractivity contribution in [3.8, 4) is 0 Å². The van der Waals surface area contributed by atoms with Crippen molar-refractivity contribution >= 4 is 23.3 Å². The van der Waals surface area contributed by atoms with Crippen LogP contribution < -0.4 is 25.6 Å². The number of carbonyl (C=O) groups excluding carboxylic acids is 1. The minimum Gasteiger partial charge on any atom is -0.345 e. The first kappa shape index (κ1) is 23.4. The molecule has 0 aromatic carbocycles. The number of halogens is 5. The lowest BCUT2D eigenvalue weighted by Crippen LogP contribution is -2.33. The summed E-state index contributed by atoms with van der Waals surface area (Å²) in [6.07, 6.45) is 3.61. The summed E-state index contributed by atoms with van der Waals surface area (Å²) in [5.74, 6) is -5.73. The van der Waals surface area contributed by atoms with Gasteiger partial charge in [-0.25, -0.2) is 15.0 Å². The SMILES string of the molecule is Cc1cc[nH+]c(CNC(=O)Cc2c(Cl)c[nH+]c(NCC(F)(F)c3cccc[nH+]3)c2F)c1F. The van der Waals surface area contributed by atoms with Gasteiger partial charge in [-0.1, -0.05) is 11.6 Å². The maximum atomic E-state index is 14.9. The van der Waals surface area contributed by atoms with Crippen molar-refractivity contribution in [2.24, 2.45) is 0 Å². The van der Waals surface area contributed by atoms with Crippen molar-refractivity contribution < 1.29 is 37.3 Å². The molecule has 0 bridgehead atoms. The molecule has 0 aliphatic carbocycles. The Labute approximate surface area is 186 Å². The van der Waals surface area contributed by atoms with Crippen LogP contribution in [0.2, 0.25) is 5.02 Å². The van der Waals surface area contributed by atoms with Crippen molar-refractivity contribution in [3.63, 3.8) is 0 Å². The summed E-state index contributed by atoms with van der Waals surface area (Å²) in [5.41, 5.74) is 0.0327. The van der Waals surface area contributed by atoms with Crippen molar-refractivity contribution in [2.45, 2.75) is 25.8 Å². The van der Waals surface area contributed by atoms with E-state index in [1.807, 2.05) is 0 Å². The largest absolute Gasteiger partial charge is 0.365 e. The van der Waals surface area contributed by atoms with E-state index in [4.69, 9.17) is 11.6 Å². The second-order valence-corrected chi connectivity index (χ2v) is 7.45. The zero-order chi connectivity index (χ0) is 23.3. The first-order chi connectivity index (χ1) is 15.2. The Morgan fingerprint density at radius 1 is 1.09 bits per heavy atom. The normalized spacial score (nSPS) is 11.3. The van der Waals surface area contributed by atoms with Crippen molar-refractivity contribution in [1.29, 1.82) is 0 Å². The summed E-state index contributed by atoms with van der Waals surface area (Å²) in [6, 6.07) is 5.77. The minimum atomic E-state index is -3.31. The maximum absolute atomic E-state index is 14.9. The van der Waals surface area contributed by atoms with E-state index in [9.17, 15) is 22.4 Å². The van der Waals surface area contributed by atoms with Gasteiger partial charge in [0.25, 0.3) is 5.69 Å². The molecule has 3 heterocycles. The number of hydrogen-bond donors (Lipinski definition) is 2. The fraction of sp³-hybridized carbons (Fsp3) is 0.238. The number of aryl methyl sites for hydroxylation is 1. The molecule has 3 rings (SSSR count). The van der Waals surface area contributed by atoms with Crippen LogP contribution in [0.25, 0.3) is 0 Å². The summed E-state index contributed by atoms with van der Waals surface area (Å²) in [6.45, 7) is 0.532. The number of rotatable bonds is 8. The molecule has 32 heavy (non-hydrogen) atoms. The quantitative estimate of drug-likeness (QED) is 0.496. The highest BCUT2D eigenvalue weighted by atomic mass is 35.5. The Morgan fingerprint density at radius 2 is 1.88 bits per heavy atom. The zero-order valence-electron chi connectivity index (χ0n) is 17.0. The molecule has 3 aromatic rings. The van der Waals surface area contributed by atoms with Gasteiger partial charge in [0, 0.05) is 23.8 Å². The highest BCUT2D eigenvalue weighted by Gasteiger charge is 2.40. The standard InChI is InChI=1S/C21H18ClF4N5O/c1-12-5-7-27-15(18(12)23)10-29-17(32)8-13-14(22)9-30-20(19(13)24)31-11-21(25,26)16-4-2-3-6-28-16/h2-7,9H,8,10-11H2,1H3,(H,29,32)(H,30,31)/p+3. The molecule has 168 valence electrons. The summed E-state index contributed by atoms with van der Waals surface area (Å²) in [5, 5.41) is 4.71. The number of aromatic amines is 3. The molecule has 11 heteroatoms. The van der Waals surface area contributed by atoms with Gasteiger partial charge in [-0.15, -0.1) is 0 Å². The molecule has 0 saturated carbocycles. The molecule has 3 aromatic heterocycles. The van der Waals surface area contributed by atoms with Crippen molar-refractivity contribution in [2.75, 3.05) is 11.9 Å². The van der Waals surface area contributed by atoms with Crippen LogP contribution in [0.3, 0.4) is 0 Å². The van der Waals surface area contributed by atoms with Gasteiger partial charge in [0.15, 0.2) is 24.8 Å². The van der Waals surface area contributed by atoms with Gasteiger partial charge < -0.3 is 5.32 Å². The van der Waals surface area contributed by atoms with Crippen LogP contribution >= 0.6 is 11.6 Å². The first-order valence-corrected chi connectivity index (χ1v) is 9.96. The van der Waals surface area contributed by atoms with E-state index in [2.05, 4.69) is 25.6 Å². The molecule has 0 aliphatic rings. The second-order valence-electron chi connectivity index (χ2n) is 7.05. The third-order valence-corrected chi connectivity index (χ3v) is 5.05. The predicted molar refractivity (Wildman–Crippen MR) is 107 cm³/mol. The van der Waals surface area contributed by atoms with Crippen molar-refractivity contribution in [1.82, 2.24) is 5.32 Å². The number of aromatic nitrogens is 3. The van der Waals surface area contributed by atoms with E-state index >= 15 is 0 Å². The molecule has 0 spiro atoms. The second kappa shape index (κ2) is 9.90. The Hall–Kier alpha value is -3.27. The molecule has 0 unspecified atom stereocenters. The third kappa shape index (κ3) is 5.50. The van der Waals surface area contributed by atoms with E-state index in [-0.39, 0.29) is 34.3 Å². The van der Waals surface area contributed by atoms with Crippen LogP contribution in [0, 0.1) is 18.6 Å². The Balaban J connectivity index is 1.68. The van der Waals surface area contributed by atoms with E-state index in [1.54, 1.807) is 19.1 Å². The molecular formula is C21H21ClF4N5O+3. The van der Waals surface area contributed by atoms with Gasteiger partial charge in [-0.3, -0.25) is 10.1 Å². The minimum absolute atomic E-state index is 0.0837. The zero-order valence-corrected chi connectivity index (χ0v) is 17.7. The van der Waals surface area contributed by atoms with Crippen LogP contribution in [0.1, 0.15) is 22.5 Å². The third-order valence-electron chi connectivity index (χ3n) is 4.71. The van der Waals surface area contributed by atoms with E-state index in [1.165, 1.54) is 30.7 Å². The van der Waals surface area contributed by atoms with Gasteiger partial charge in [0.05, 0.1) is 11.4 Å². The number of alkyl halides is 2. The van der Waals surface area contributed by atoms with Gasteiger partial charge in [-0.2, -0.15) is 17.6 Å². The fourth-order valence-corrected chi connectivity index (χ4v) is 3.13. The van der Waals surface area contributed by atoms with E-state index < -0.39 is 36.4 Å². The van der Waals surface area contributed by atoms with Crippen LogP contribution in [0.4, 0.5) is 23.4 Å². The summed E-state index contributed by atoms with van der Waals surface area (Å²) < 4.78 is 57.6. The number of nitrogens with one attached hydrogen (secondary N) is 5. The molecule has 0 fully saturated rings. The molecule has 0 saturated heterocycles. The molecule has 1 amide bonds. The highest BCUT2D eigenvalue weighted by Crippen LogP contribution is 2.26. The Kier molecular flexibility index (Phi) is 7.24. The Morgan fingerprint density at radius 3 is 2.59 bits per heavy atom. The summed E-state index contributed by atoms with van der Waals surface area (Å²) in [4.78, 5) is 19.9. The number of pyridine rings is 3. The smallest absolute Gasteiger partial charge is 0.345 e. The molecule has 0 aliphatic heterocycles. The average Bonchev–Trinajstić information content (AvgIpc) is 2.77. The molecule has 5 N–H and O–H groups in total. The number of hydrogen-bond acceptors (Lipinski definition) is 2. The highest BCUT2D eigenvalue weighted by molar-refractivity contribution is 6.31. The van der Waals surface area contributed by atoms with Crippen LogP contribution in [0.15, 0.2) is 42.9 Å². The van der Waals surface area contributed by atoms with E-state index in [0.717, 1.165) is 0 Å². The van der Waals surface area contributed by atoms with Gasteiger partial charge in [0.2, 0.25) is 17.4 Å². The fourth-order valence-electron chi connectivity index (χ4n) is 2.93. The topological polar surface area (TPSA) is 83.5 Å². The monoisotopic (exact) mass is 470 g/mol. The number of H-pyrrole nitrogens is 3. The summed E-state index contributed by atoms with van der Waals surface area (Å²) >= 11 is 6.00. The molecule has 0 atom stereocenters. The van der Waals surface area contributed by atoms with Crippen LogP contribution in [-0.4, -0.2) is 12.5 Å². The van der Waals surface area contributed by atoms with Crippen molar-refractivity contribution in [3.05, 3.63) is 82.0 Å². The van der Waals surface area contributed by atoms with Crippen LogP contribution in [0.5, 0.6) is 0 Å². The van der Waals surface area contributed by atoms with Crippen LogP contribution in [-0.2, 0) is 23.7 Å². The Bertz CT molecular complexity index is 1110. The number of carbonyl (C=O) groups is 1. The lowest BCUT2D eigenvalue weighted by molar-refractivity contribution is -0.412. The predicted octanol–water partition coefficient (Wildman–Crippen LogP) is 2.43. The molecule has 0 radical (unpaired) electrons. The lowest BCUT2D eigenvalue weighted by atomic mass is 10.1. The lowest BCUT2D eigenvalue weighted by Gasteiger charge is -2.11.